The molecule has 0 saturated heterocycles. The quantitative estimate of drug-likeness (QED) is 0.632. The van der Waals surface area contributed by atoms with Gasteiger partial charge in [0.1, 0.15) is 0 Å². The zero-order valence-corrected chi connectivity index (χ0v) is 8.86. The van der Waals surface area contributed by atoms with Gasteiger partial charge in [-0.3, -0.25) is 4.79 Å². The lowest BCUT2D eigenvalue weighted by atomic mass is 9.63. The maximum atomic E-state index is 11.5. The summed E-state index contributed by atoms with van der Waals surface area (Å²) < 4.78 is 10.3. The SMILES string of the molecule is COC(=O)[C@H]1C[C@H]2CC[C@H]1C[C@H]2OC. The minimum atomic E-state index is -0.0192. The molecule has 0 radical (unpaired) electrons. The van der Waals surface area contributed by atoms with Gasteiger partial charge in [-0.1, -0.05) is 0 Å². The Morgan fingerprint density at radius 1 is 1.14 bits per heavy atom. The van der Waals surface area contributed by atoms with E-state index in [4.69, 9.17) is 9.47 Å². The largest absolute Gasteiger partial charge is 0.469 e. The third kappa shape index (κ3) is 1.54. The van der Waals surface area contributed by atoms with E-state index in [0.29, 0.717) is 17.9 Å². The summed E-state index contributed by atoms with van der Waals surface area (Å²) in [5, 5.41) is 0. The van der Waals surface area contributed by atoms with Gasteiger partial charge in [0.05, 0.1) is 19.1 Å². The first-order valence-electron chi connectivity index (χ1n) is 5.37. The van der Waals surface area contributed by atoms with Gasteiger partial charge in [-0.25, -0.2) is 0 Å². The Balaban J connectivity index is 2.04. The summed E-state index contributed by atoms with van der Waals surface area (Å²) in [7, 11) is 3.26. The zero-order chi connectivity index (χ0) is 10.1. The van der Waals surface area contributed by atoms with Crippen LogP contribution >= 0.6 is 0 Å². The average molecular weight is 198 g/mol. The Morgan fingerprint density at radius 2 is 1.86 bits per heavy atom. The molecule has 0 spiro atoms. The second kappa shape index (κ2) is 3.89. The minimum absolute atomic E-state index is 0.0192. The molecule has 2 bridgehead atoms. The first-order chi connectivity index (χ1) is 6.76. The van der Waals surface area contributed by atoms with Crippen molar-refractivity contribution < 1.29 is 14.3 Å². The summed E-state index contributed by atoms with van der Waals surface area (Å²) in [5.74, 6) is 1.20. The maximum Gasteiger partial charge on any atom is 0.308 e. The van der Waals surface area contributed by atoms with Gasteiger partial charge < -0.3 is 9.47 Å². The lowest BCUT2D eigenvalue weighted by Crippen LogP contribution is -2.44. The number of methoxy groups -OCH3 is 2. The predicted octanol–water partition coefficient (Wildman–Crippen LogP) is 1.61. The topological polar surface area (TPSA) is 35.5 Å². The first kappa shape index (κ1) is 9.97. The molecule has 0 aromatic rings. The highest BCUT2D eigenvalue weighted by atomic mass is 16.5. The number of hydrogen-bond acceptors (Lipinski definition) is 3. The van der Waals surface area contributed by atoms with Crippen molar-refractivity contribution in [2.45, 2.75) is 31.8 Å². The van der Waals surface area contributed by atoms with Gasteiger partial charge >= 0.3 is 5.97 Å². The lowest BCUT2D eigenvalue weighted by Gasteiger charge is -2.45. The van der Waals surface area contributed by atoms with Gasteiger partial charge in [0, 0.05) is 7.11 Å². The van der Waals surface area contributed by atoms with E-state index >= 15 is 0 Å². The van der Waals surface area contributed by atoms with E-state index in [1.54, 1.807) is 7.11 Å². The van der Waals surface area contributed by atoms with Crippen LogP contribution in [0.1, 0.15) is 25.7 Å². The smallest absolute Gasteiger partial charge is 0.308 e. The number of esters is 1. The molecule has 0 aliphatic heterocycles. The van der Waals surface area contributed by atoms with Crippen LogP contribution in [-0.2, 0) is 14.3 Å². The van der Waals surface area contributed by atoms with Crippen molar-refractivity contribution >= 4 is 5.97 Å². The molecule has 0 N–H and O–H groups in total. The molecule has 3 aliphatic carbocycles. The summed E-state index contributed by atoms with van der Waals surface area (Å²) in [5.41, 5.74) is 0. The van der Waals surface area contributed by atoms with Gasteiger partial charge in [0.25, 0.3) is 0 Å². The second-order valence-corrected chi connectivity index (χ2v) is 4.47. The minimum Gasteiger partial charge on any atom is -0.469 e. The van der Waals surface area contributed by atoms with Gasteiger partial charge in [-0.2, -0.15) is 0 Å². The molecule has 14 heavy (non-hydrogen) atoms. The number of hydrogen-bond donors (Lipinski definition) is 0. The van der Waals surface area contributed by atoms with Crippen LogP contribution in [0.5, 0.6) is 0 Å². The maximum absolute atomic E-state index is 11.5. The molecule has 0 aromatic carbocycles. The summed E-state index contributed by atoms with van der Waals surface area (Å²) in [6, 6.07) is 0. The van der Waals surface area contributed by atoms with Crippen LogP contribution in [0.3, 0.4) is 0 Å². The van der Waals surface area contributed by atoms with Gasteiger partial charge in [-0.05, 0) is 37.5 Å². The van der Waals surface area contributed by atoms with Crippen molar-refractivity contribution in [3.05, 3.63) is 0 Å². The van der Waals surface area contributed by atoms with E-state index in [0.717, 1.165) is 12.8 Å². The standard InChI is InChI=1S/C11H18O3/c1-13-10-6-7-3-4-8(10)5-9(7)11(12)14-2/h7-10H,3-6H2,1-2H3/t7-,8+,9-,10+/m0/s1. The van der Waals surface area contributed by atoms with Crippen molar-refractivity contribution in [2.24, 2.45) is 17.8 Å². The molecule has 3 fully saturated rings. The van der Waals surface area contributed by atoms with Gasteiger partial charge in [-0.15, -0.1) is 0 Å². The highest BCUT2D eigenvalue weighted by molar-refractivity contribution is 5.73. The summed E-state index contributed by atoms with van der Waals surface area (Å²) in [6.45, 7) is 0. The fourth-order valence-electron chi connectivity index (χ4n) is 3.11. The molecule has 3 saturated carbocycles. The van der Waals surface area contributed by atoms with Crippen LogP contribution in [0.2, 0.25) is 0 Å². The highest BCUT2D eigenvalue weighted by Crippen LogP contribution is 2.46. The number of carbonyl (C=O) groups is 1. The van der Waals surface area contributed by atoms with Crippen molar-refractivity contribution in [1.29, 1.82) is 0 Å². The predicted molar refractivity (Wildman–Crippen MR) is 51.8 cm³/mol. The molecule has 80 valence electrons. The third-order valence-corrected chi connectivity index (χ3v) is 3.90. The van der Waals surface area contributed by atoms with E-state index in [-0.39, 0.29) is 11.9 Å². The first-order valence-corrected chi connectivity index (χ1v) is 5.37. The Labute approximate surface area is 84.8 Å². The molecule has 0 unspecified atom stereocenters. The molecule has 0 amide bonds. The molecule has 0 heterocycles. The highest BCUT2D eigenvalue weighted by Gasteiger charge is 2.45. The van der Waals surface area contributed by atoms with Gasteiger partial charge in [0.15, 0.2) is 0 Å². The fourth-order valence-corrected chi connectivity index (χ4v) is 3.11. The number of carbonyl (C=O) groups excluding carboxylic acids is 1. The number of fused-ring (bicyclic) bond motifs is 3. The van der Waals surface area contributed by atoms with E-state index in [2.05, 4.69) is 0 Å². The van der Waals surface area contributed by atoms with Crippen LogP contribution in [0, 0.1) is 17.8 Å². The van der Waals surface area contributed by atoms with Crippen LogP contribution in [-0.4, -0.2) is 26.3 Å². The van der Waals surface area contributed by atoms with Crippen molar-refractivity contribution in [3.63, 3.8) is 0 Å². The van der Waals surface area contributed by atoms with E-state index in [1.165, 1.54) is 20.0 Å². The van der Waals surface area contributed by atoms with Crippen molar-refractivity contribution in [1.82, 2.24) is 0 Å². The number of rotatable bonds is 2. The Kier molecular flexibility index (Phi) is 2.77. The van der Waals surface area contributed by atoms with Crippen molar-refractivity contribution in [3.8, 4) is 0 Å². The van der Waals surface area contributed by atoms with E-state index < -0.39 is 0 Å². The van der Waals surface area contributed by atoms with Crippen LogP contribution < -0.4 is 0 Å². The average Bonchev–Trinajstić information content (AvgIpc) is 2.28. The third-order valence-electron chi connectivity index (χ3n) is 3.90. The van der Waals surface area contributed by atoms with Gasteiger partial charge in [0.2, 0.25) is 0 Å². The molecule has 0 aromatic heterocycles. The number of ether oxygens (including phenoxy) is 2. The Hall–Kier alpha value is -0.570. The molecule has 3 rings (SSSR count). The second-order valence-electron chi connectivity index (χ2n) is 4.47. The van der Waals surface area contributed by atoms with E-state index in [1.807, 2.05) is 0 Å². The lowest BCUT2D eigenvalue weighted by molar-refractivity contribution is -0.155. The molecular formula is C11H18O3. The van der Waals surface area contributed by atoms with Crippen LogP contribution in [0.4, 0.5) is 0 Å². The fraction of sp³-hybridized carbons (Fsp3) is 0.909. The zero-order valence-electron chi connectivity index (χ0n) is 8.86. The monoisotopic (exact) mass is 198 g/mol. The van der Waals surface area contributed by atoms with Crippen LogP contribution in [0.25, 0.3) is 0 Å². The molecule has 3 nitrogen and oxygen atoms in total. The summed E-state index contributed by atoms with van der Waals surface area (Å²) in [6.07, 6.45) is 4.78. The molecule has 3 heteroatoms. The molecular weight excluding hydrogens is 180 g/mol. The van der Waals surface area contributed by atoms with Crippen LogP contribution in [0.15, 0.2) is 0 Å². The van der Waals surface area contributed by atoms with E-state index in [9.17, 15) is 4.79 Å². The Morgan fingerprint density at radius 3 is 2.36 bits per heavy atom. The normalized spacial score (nSPS) is 41.0. The van der Waals surface area contributed by atoms with Crippen molar-refractivity contribution in [2.75, 3.05) is 14.2 Å². The molecule has 3 aliphatic rings. The Bertz CT molecular complexity index is 227. The molecule has 4 atom stereocenters. The summed E-state index contributed by atoms with van der Waals surface area (Å²) >= 11 is 0. The summed E-state index contributed by atoms with van der Waals surface area (Å²) in [4.78, 5) is 11.5.